The number of allylic oxidation sites excluding steroid dienone is 2. The number of carbonyl (C=O) groups is 2. The summed E-state index contributed by atoms with van der Waals surface area (Å²) in [5.74, 6) is -1.54. The summed E-state index contributed by atoms with van der Waals surface area (Å²) in [6, 6.07) is 11.3. The molecule has 0 spiro atoms. The Morgan fingerprint density at radius 1 is 1.00 bits per heavy atom. The lowest BCUT2D eigenvalue weighted by Gasteiger charge is -2.37. The van der Waals surface area contributed by atoms with Gasteiger partial charge in [0.15, 0.2) is 5.78 Å². The summed E-state index contributed by atoms with van der Waals surface area (Å²) in [7, 11) is 0. The fourth-order valence-electron chi connectivity index (χ4n) is 6.78. The molecule has 1 heterocycles. The van der Waals surface area contributed by atoms with Gasteiger partial charge in [-0.2, -0.15) is 0 Å². The highest BCUT2D eigenvalue weighted by atomic mass is 16.5. The van der Waals surface area contributed by atoms with Crippen molar-refractivity contribution in [1.82, 2.24) is 0 Å². The molecule has 0 bridgehead atoms. The predicted molar refractivity (Wildman–Crippen MR) is 144 cm³/mol. The van der Waals surface area contributed by atoms with Crippen LogP contribution < -0.4 is 0 Å². The molecule has 0 aromatic heterocycles. The fraction of sp³-hybridized carbons (Fsp3) is 0.452. The van der Waals surface area contributed by atoms with Crippen molar-refractivity contribution in [3.05, 3.63) is 80.4 Å². The molecule has 0 saturated heterocycles. The molecular weight excluding hydrogens is 464 g/mol. The van der Waals surface area contributed by atoms with E-state index in [0.717, 1.165) is 36.9 Å². The van der Waals surface area contributed by atoms with Crippen LogP contribution in [-0.4, -0.2) is 23.6 Å². The molecule has 5 rings (SSSR count). The third-order valence-corrected chi connectivity index (χ3v) is 8.21. The van der Waals surface area contributed by atoms with Gasteiger partial charge in [-0.1, -0.05) is 29.8 Å². The minimum absolute atomic E-state index is 0.00927. The van der Waals surface area contributed by atoms with E-state index in [4.69, 9.17) is 9.73 Å². The number of hydrogen-bond acceptors (Lipinski definition) is 6. The Bertz CT molecular complexity index is 1310. The van der Waals surface area contributed by atoms with Crippen molar-refractivity contribution in [2.24, 2.45) is 16.1 Å². The van der Waals surface area contributed by atoms with E-state index in [1.54, 1.807) is 18.2 Å². The van der Waals surface area contributed by atoms with E-state index in [2.05, 4.69) is 38.1 Å². The number of carbonyl (C=O) groups excluding carboxylic acids is 2. The van der Waals surface area contributed by atoms with Gasteiger partial charge in [0.05, 0.1) is 0 Å². The number of nitrogens with zero attached hydrogens (tertiary/aromatic N) is 2. The first kappa shape index (κ1) is 25.2. The van der Waals surface area contributed by atoms with Gasteiger partial charge in [0.2, 0.25) is 0 Å². The third-order valence-electron chi connectivity index (χ3n) is 8.21. The average molecular weight is 499 g/mol. The lowest BCUT2D eigenvalue weighted by Crippen LogP contribution is -2.39. The maximum atomic E-state index is 13.9. The van der Waals surface area contributed by atoms with E-state index in [1.807, 2.05) is 13.0 Å². The second kappa shape index (κ2) is 10.2. The Labute approximate surface area is 218 Å². The molecule has 6 nitrogen and oxygen atoms in total. The lowest BCUT2D eigenvalue weighted by atomic mass is 9.68. The van der Waals surface area contributed by atoms with Crippen LogP contribution in [-0.2, 0) is 14.3 Å². The molecule has 3 atom stereocenters. The highest BCUT2D eigenvalue weighted by molar-refractivity contribution is 6.09. The Hall–Kier alpha value is -3.41. The summed E-state index contributed by atoms with van der Waals surface area (Å²) in [5, 5.41) is 3.10. The van der Waals surface area contributed by atoms with Gasteiger partial charge in [-0.05, 0) is 105 Å². The number of ether oxygens (including phenoxy) is 1. The van der Waals surface area contributed by atoms with Gasteiger partial charge in [-0.15, -0.1) is 4.91 Å². The highest BCUT2D eigenvalue weighted by Gasteiger charge is 2.45. The van der Waals surface area contributed by atoms with Crippen LogP contribution in [0.1, 0.15) is 85.1 Å². The summed E-state index contributed by atoms with van der Waals surface area (Å²) < 4.78 is 5.94. The van der Waals surface area contributed by atoms with Gasteiger partial charge >= 0.3 is 5.97 Å². The summed E-state index contributed by atoms with van der Waals surface area (Å²) in [6.45, 7) is 8.16. The summed E-state index contributed by atoms with van der Waals surface area (Å²) in [4.78, 5) is 43.7. The van der Waals surface area contributed by atoms with Crippen LogP contribution in [0.3, 0.4) is 0 Å². The number of aliphatic imine (C=N–C) groups is 1. The minimum Gasteiger partial charge on any atom is -0.462 e. The number of aryl methyl sites for hydroxylation is 3. The van der Waals surface area contributed by atoms with E-state index >= 15 is 0 Å². The standard InChI is InChI=1S/C31H34N2O4/c1-17-12-18(2)27(19(3)13-17)22-15-25-30(26(34)16-22)29(21-8-7-9-23(14-21)33-36)28(20(4)32-25)31(35)37-24-10-5-6-11-24/h7-9,12-14,22,24,28-29H,5-6,10-11,15-16H2,1-4H3. The molecular formula is C31H34N2O4. The molecule has 1 aliphatic heterocycles. The van der Waals surface area contributed by atoms with Gasteiger partial charge in [0.1, 0.15) is 17.7 Å². The monoisotopic (exact) mass is 498 g/mol. The van der Waals surface area contributed by atoms with E-state index in [-0.39, 0.29) is 29.5 Å². The van der Waals surface area contributed by atoms with Crippen molar-refractivity contribution in [2.45, 2.75) is 84.2 Å². The van der Waals surface area contributed by atoms with Gasteiger partial charge in [-0.3, -0.25) is 14.6 Å². The molecule has 0 N–H and O–H groups in total. The molecule has 192 valence electrons. The third kappa shape index (κ3) is 4.81. The summed E-state index contributed by atoms with van der Waals surface area (Å²) in [6.07, 6.45) is 4.76. The molecule has 1 saturated carbocycles. The van der Waals surface area contributed by atoms with Crippen LogP contribution in [0.4, 0.5) is 5.69 Å². The van der Waals surface area contributed by atoms with E-state index < -0.39 is 11.8 Å². The topological polar surface area (TPSA) is 85.2 Å². The first-order valence-corrected chi connectivity index (χ1v) is 13.3. The van der Waals surface area contributed by atoms with Gasteiger partial charge < -0.3 is 4.74 Å². The van der Waals surface area contributed by atoms with Crippen LogP contribution >= 0.6 is 0 Å². The first-order valence-electron chi connectivity index (χ1n) is 13.3. The molecule has 2 aliphatic carbocycles. The average Bonchev–Trinajstić information content (AvgIpc) is 3.35. The van der Waals surface area contributed by atoms with Gasteiger partial charge in [0, 0.05) is 29.3 Å². The van der Waals surface area contributed by atoms with Crippen LogP contribution in [0.25, 0.3) is 0 Å². The van der Waals surface area contributed by atoms with Crippen molar-refractivity contribution >= 4 is 23.2 Å². The molecule has 2 aromatic carbocycles. The molecule has 0 amide bonds. The quantitative estimate of drug-likeness (QED) is 0.326. The second-order valence-corrected chi connectivity index (χ2v) is 10.9. The molecule has 3 unspecified atom stereocenters. The zero-order valence-electron chi connectivity index (χ0n) is 22.0. The molecule has 1 fully saturated rings. The van der Waals surface area contributed by atoms with E-state index in [0.29, 0.717) is 24.1 Å². The van der Waals surface area contributed by atoms with Gasteiger partial charge in [0.25, 0.3) is 0 Å². The van der Waals surface area contributed by atoms with E-state index in [1.165, 1.54) is 22.3 Å². The zero-order chi connectivity index (χ0) is 26.3. The Morgan fingerprint density at radius 3 is 2.38 bits per heavy atom. The van der Waals surface area contributed by atoms with Crippen LogP contribution in [0.2, 0.25) is 0 Å². The molecule has 3 aliphatic rings. The highest BCUT2D eigenvalue weighted by Crippen LogP contribution is 2.48. The molecule has 0 radical (unpaired) electrons. The second-order valence-electron chi connectivity index (χ2n) is 10.9. The van der Waals surface area contributed by atoms with Crippen molar-refractivity contribution in [1.29, 1.82) is 0 Å². The number of ketones is 1. The zero-order valence-corrected chi connectivity index (χ0v) is 22.0. The number of hydrogen-bond donors (Lipinski definition) is 0. The number of rotatable bonds is 5. The van der Waals surface area contributed by atoms with Crippen molar-refractivity contribution < 1.29 is 14.3 Å². The largest absolute Gasteiger partial charge is 0.462 e. The maximum absolute atomic E-state index is 13.9. The molecule has 2 aromatic rings. The number of Topliss-reactive ketones (excluding diaryl/α,β-unsaturated/α-hetero) is 1. The van der Waals surface area contributed by atoms with Crippen molar-refractivity contribution in [2.75, 3.05) is 0 Å². The Kier molecular flexibility index (Phi) is 6.93. The normalized spacial score (nSPS) is 24.1. The predicted octanol–water partition coefficient (Wildman–Crippen LogP) is 7.07. The molecule has 37 heavy (non-hydrogen) atoms. The Morgan fingerprint density at radius 2 is 1.70 bits per heavy atom. The first-order chi connectivity index (χ1) is 17.8. The smallest absolute Gasteiger partial charge is 0.315 e. The van der Waals surface area contributed by atoms with E-state index in [9.17, 15) is 14.5 Å². The molecule has 6 heteroatoms. The van der Waals surface area contributed by atoms with Crippen LogP contribution in [0, 0.1) is 31.6 Å². The number of esters is 1. The Balaban J connectivity index is 1.58. The SMILES string of the molecule is CC1=NC2=C(C(=O)CC(c3c(C)cc(C)cc3C)C2)C(c2cccc(N=O)c2)C1C(=O)OC1CCCC1. The van der Waals surface area contributed by atoms with Crippen LogP contribution in [0.15, 0.2) is 57.8 Å². The lowest BCUT2D eigenvalue weighted by molar-refractivity contribution is -0.151. The summed E-state index contributed by atoms with van der Waals surface area (Å²) >= 11 is 0. The summed E-state index contributed by atoms with van der Waals surface area (Å²) in [5.41, 5.74) is 7.78. The van der Waals surface area contributed by atoms with Gasteiger partial charge in [-0.25, -0.2) is 0 Å². The number of nitroso groups, excluding NO2 is 1. The minimum atomic E-state index is -0.704. The van der Waals surface area contributed by atoms with Crippen molar-refractivity contribution in [3.8, 4) is 0 Å². The fourth-order valence-corrected chi connectivity index (χ4v) is 6.78. The maximum Gasteiger partial charge on any atom is 0.315 e. The van der Waals surface area contributed by atoms with Crippen LogP contribution in [0.5, 0.6) is 0 Å². The van der Waals surface area contributed by atoms with Crippen molar-refractivity contribution in [3.63, 3.8) is 0 Å². The number of benzene rings is 2.